The highest BCUT2D eigenvalue weighted by atomic mass is 19.4. The summed E-state index contributed by atoms with van der Waals surface area (Å²) in [6.45, 7) is 0. The average Bonchev–Trinajstić information content (AvgIpc) is 1.83. The van der Waals surface area contributed by atoms with Gasteiger partial charge in [0.25, 0.3) is 0 Å². The minimum atomic E-state index is -5.51. The summed E-state index contributed by atoms with van der Waals surface area (Å²) in [4.78, 5) is 0. The van der Waals surface area contributed by atoms with E-state index in [9.17, 15) is 26.3 Å². The summed E-state index contributed by atoms with van der Waals surface area (Å²) in [7, 11) is 0.331. The first-order chi connectivity index (χ1) is 5.21. The number of hydrogen-bond acceptors (Lipinski definition) is 2. The highest BCUT2D eigenvalue weighted by molar-refractivity contribution is 4.57. The van der Waals surface area contributed by atoms with E-state index in [0.717, 1.165) is 0 Å². The van der Waals surface area contributed by atoms with Gasteiger partial charge in [-0.3, -0.25) is 0 Å². The molecule has 0 aromatic heterocycles. The van der Waals surface area contributed by atoms with Crippen LogP contribution in [0, 0.1) is 0 Å². The zero-order chi connectivity index (χ0) is 9.99. The van der Waals surface area contributed by atoms with E-state index in [-0.39, 0.29) is 0 Å². The van der Waals surface area contributed by atoms with E-state index in [0.29, 0.717) is 7.11 Å². The van der Waals surface area contributed by atoms with Crippen LogP contribution in [0.25, 0.3) is 0 Å². The van der Waals surface area contributed by atoms with E-state index in [1.807, 2.05) is 0 Å². The fraction of sp³-hybridized carbons (Fsp3) is 1.00. The zero-order valence-electron chi connectivity index (χ0n) is 5.66. The van der Waals surface area contributed by atoms with Crippen LogP contribution in [0.3, 0.4) is 0 Å². The van der Waals surface area contributed by atoms with Crippen molar-refractivity contribution in [1.82, 2.24) is 0 Å². The smallest absolute Gasteiger partial charge is 0.323 e. The van der Waals surface area contributed by atoms with Crippen LogP contribution in [0.5, 0.6) is 0 Å². The second-order valence-electron chi connectivity index (χ2n) is 1.64. The molecule has 0 radical (unpaired) electrons. The Morgan fingerprint density at radius 1 is 1.08 bits per heavy atom. The quantitative estimate of drug-likeness (QED) is 0.510. The fourth-order valence-corrected chi connectivity index (χ4v) is 0.333. The zero-order valence-corrected chi connectivity index (χ0v) is 5.66. The van der Waals surface area contributed by atoms with Gasteiger partial charge in [0.05, 0.1) is 0 Å². The van der Waals surface area contributed by atoms with Crippen molar-refractivity contribution in [1.29, 1.82) is 0 Å². The number of hydrogen-bond donors (Lipinski definition) is 0. The van der Waals surface area contributed by atoms with Crippen molar-refractivity contribution in [3.8, 4) is 0 Å². The van der Waals surface area contributed by atoms with Crippen LogP contribution in [0.2, 0.25) is 0 Å². The Morgan fingerprint density at radius 2 is 1.50 bits per heavy atom. The highest BCUT2D eigenvalue weighted by Crippen LogP contribution is 2.31. The van der Waals surface area contributed by atoms with E-state index in [1.165, 1.54) is 0 Å². The van der Waals surface area contributed by atoms with Crippen LogP contribution < -0.4 is 0 Å². The van der Waals surface area contributed by atoms with Crippen LogP contribution in [-0.4, -0.2) is 25.9 Å². The lowest BCUT2D eigenvalue weighted by Crippen LogP contribution is -2.42. The van der Waals surface area contributed by atoms with E-state index in [4.69, 9.17) is 0 Å². The summed E-state index contributed by atoms with van der Waals surface area (Å²) in [6, 6.07) is -4.43. The van der Waals surface area contributed by atoms with Gasteiger partial charge in [0.1, 0.15) is 0 Å². The monoisotopic (exact) mass is 198 g/mol. The molecule has 0 aliphatic carbocycles. The maximum Gasteiger partial charge on any atom is 0.527 e. The summed E-state index contributed by atoms with van der Waals surface area (Å²) in [5.74, 6) is 0. The lowest BCUT2D eigenvalue weighted by molar-refractivity contribution is -0.472. The van der Waals surface area contributed by atoms with Gasteiger partial charge in [0, 0.05) is 7.11 Å². The standard InChI is InChI=1S/C4H4F6O2/c1-11-3(7,2(5)6)12-4(8,9)10/h2H,1H3. The first kappa shape index (κ1) is 11.5. The number of methoxy groups -OCH3 is 1. The van der Waals surface area contributed by atoms with Crippen LogP contribution >= 0.6 is 0 Å². The van der Waals surface area contributed by atoms with Crippen molar-refractivity contribution in [2.75, 3.05) is 7.11 Å². The van der Waals surface area contributed by atoms with Gasteiger partial charge in [0.15, 0.2) is 0 Å². The summed E-state index contributed by atoms with van der Waals surface area (Å²) >= 11 is 0. The summed E-state index contributed by atoms with van der Waals surface area (Å²) in [6.07, 6.45) is -9.55. The molecule has 0 heterocycles. The molecule has 74 valence electrons. The van der Waals surface area contributed by atoms with Crippen molar-refractivity contribution in [3.63, 3.8) is 0 Å². The first-order valence-electron chi connectivity index (χ1n) is 2.50. The van der Waals surface area contributed by atoms with Crippen LogP contribution in [0.4, 0.5) is 26.3 Å². The Hall–Kier alpha value is -0.500. The minimum Gasteiger partial charge on any atom is -0.323 e. The van der Waals surface area contributed by atoms with Crippen molar-refractivity contribution in [2.24, 2.45) is 0 Å². The van der Waals surface area contributed by atoms with Crippen molar-refractivity contribution in [2.45, 2.75) is 18.8 Å². The Morgan fingerprint density at radius 3 is 1.58 bits per heavy atom. The summed E-state index contributed by atoms with van der Waals surface area (Å²) in [5.41, 5.74) is 0. The highest BCUT2D eigenvalue weighted by Gasteiger charge is 2.51. The predicted molar refractivity (Wildman–Crippen MR) is 24.0 cm³/mol. The first-order valence-corrected chi connectivity index (χ1v) is 2.50. The average molecular weight is 198 g/mol. The molecule has 0 saturated heterocycles. The number of rotatable bonds is 3. The van der Waals surface area contributed by atoms with Crippen molar-refractivity contribution >= 4 is 0 Å². The van der Waals surface area contributed by atoms with Gasteiger partial charge in [0.2, 0.25) is 0 Å². The summed E-state index contributed by atoms with van der Waals surface area (Å²) < 4.78 is 74.5. The number of alkyl halides is 6. The molecular weight excluding hydrogens is 194 g/mol. The van der Waals surface area contributed by atoms with Crippen LogP contribution in [0.1, 0.15) is 0 Å². The lowest BCUT2D eigenvalue weighted by atomic mass is 10.6. The van der Waals surface area contributed by atoms with E-state index in [2.05, 4.69) is 9.47 Å². The summed E-state index contributed by atoms with van der Waals surface area (Å²) in [5, 5.41) is 0. The molecule has 0 amide bonds. The van der Waals surface area contributed by atoms with Crippen molar-refractivity contribution in [3.05, 3.63) is 0 Å². The van der Waals surface area contributed by atoms with Gasteiger partial charge in [-0.1, -0.05) is 0 Å². The third-order valence-corrected chi connectivity index (χ3v) is 0.794. The molecule has 0 aliphatic heterocycles. The second kappa shape index (κ2) is 3.48. The van der Waals surface area contributed by atoms with Gasteiger partial charge < -0.3 is 4.74 Å². The van der Waals surface area contributed by atoms with E-state index >= 15 is 0 Å². The largest absolute Gasteiger partial charge is 0.527 e. The molecule has 0 bridgehead atoms. The molecule has 0 saturated carbocycles. The molecule has 8 heteroatoms. The van der Waals surface area contributed by atoms with Crippen LogP contribution in [0.15, 0.2) is 0 Å². The lowest BCUT2D eigenvalue weighted by Gasteiger charge is -2.23. The van der Waals surface area contributed by atoms with Crippen LogP contribution in [-0.2, 0) is 9.47 Å². The minimum absolute atomic E-state index is 0.331. The molecule has 0 aliphatic rings. The molecule has 0 aromatic rings. The molecule has 0 spiro atoms. The topological polar surface area (TPSA) is 18.5 Å². The Kier molecular flexibility index (Phi) is 3.34. The maximum absolute atomic E-state index is 12.2. The van der Waals surface area contributed by atoms with E-state index in [1.54, 1.807) is 0 Å². The molecule has 2 nitrogen and oxygen atoms in total. The third-order valence-electron chi connectivity index (χ3n) is 0.794. The van der Waals surface area contributed by atoms with Gasteiger partial charge >= 0.3 is 18.8 Å². The number of ether oxygens (including phenoxy) is 2. The maximum atomic E-state index is 12.2. The third kappa shape index (κ3) is 3.26. The SMILES string of the molecule is COC(F)(OC(F)(F)F)C(F)F. The van der Waals surface area contributed by atoms with Gasteiger partial charge in [-0.05, 0) is 0 Å². The van der Waals surface area contributed by atoms with Gasteiger partial charge in [-0.2, -0.15) is 4.39 Å². The fourth-order valence-electron chi connectivity index (χ4n) is 0.333. The molecule has 12 heavy (non-hydrogen) atoms. The normalized spacial score (nSPS) is 18.0. The Balaban J connectivity index is 4.35. The molecular formula is C4H4F6O2. The Bertz CT molecular complexity index is 145. The van der Waals surface area contributed by atoms with Gasteiger partial charge in [-0.25, -0.2) is 13.5 Å². The van der Waals surface area contributed by atoms with Gasteiger partial charge in [-0.15, -0.1) is 13.2 Å². The molecule has 1 atom stereocenters. The molecule has 0 rings (SSSR count). The van der Waals surface area contributed by atoms with Crippen molar-refractivity contribution < 1.29 is 35.8 Å². The molecule has 1 unspecified atom stereocenters. The number of halogens is 6. The molecule has 0 fully saturated rings. The van der Waals surface area contributed by atoms with E-state index < -0.39 is 18.8 Å². The second-order valence-corrected chi connectivity index (χ2v) is 1.64. The Labute approximate surface area is 63.1 Å². The predicted octanol–water partition coefficient (Wildman–Crippen LogP) is 2.06. The molecule has 0 N–H and O–H groups in total. The molecule has 0 aromatic carbocycles.